The van der Waals surface area contributed by atoms with Crippen LogP contribution in [0.3, 0.4) is 0 Å². The van der Waals surface area contributed by atoms with E-state index < -0.39 is 5.60 Å². The summed E-state index contributed by atoms with van der Waals surface area (Å²) in [6, 6.07) is 3.71. The van der Waals surface area contributed by atoms with E-state index in [0.717, 1.165) is 29.1 Å². The van der Waals surface area contributed by atoms with E-state index in [0.29, 0.717) is 16.6 Å². The first kappa shape index (κ1) is 14.0. The molecule has 0 bridgehead atoms. The predicted octanol–water partition coefficient (Wildman–Crippen LogP) is 3.17. The van der Waals surface area contributed by atoms with E-state index in [-0.39, 0.29) is 5.91 Å². The Morgan fingerprint density at radius 1 is 1.50 bits per heavy atom. The number of nitrogens with one attached hydrogen (secondary N) is 1. The van der Waals surface area contributed by atoms with Gasteiger partial charge >= 0.3 is 0 Å². The first-order chi connectivity index (χ1) is 9.56. The number of aromatic nitrogens is 1. The molecule has 0 unspecified atom stereocenters. The SMILES string of the molecule is O=C(NCC1(O)CCC1)c1csc(-c2ccc(Cl)s2)n1. The van der Waals surface area contributed by atoms with E-state index in [4.69, 9.17) is 11.6 Å². The predicted molar refractivity (Wildman–Crippen MR) is 81.6 cm³/mol. The molecule has 1 amide bonds. The van der Waals surface area contributed by atoms with Crippen LogP contribution in [0.4, 0.5) is 0 Å². The molecule has 1 fully saturated rings. The Balaban J connectivity index is 1.65. The summed E-state index contributed by atoms with van der Waals surface area (Å²) >= 11 is 8.74. The Bertz CT molecular complexity index is 634. The first-order valence-electron chi connectivity index (χ1n) is 6.28. The molecule has 0 spiro atoms. The van der Waals surface area contributed by atoms with Crippen molar-refractivity contribution in [2.45, 2.75) is 24.9 Å². The second-order valence-electron chi connectivity index (χ2n) is 4.90. The fourth-order valence-corrected chi connectivity index (χ4v) is 3.93. The standard InChI is InChI=1S/C13H13ClN2O2S2/c14-10-3-2-9(20-10)12-16-8(6-19-12)11(17)15-7-13(18)4-1-5-13/h2-3,6,18H,1,4-5,7H2,(H,15,17). The molecule has 7 heteroatoms. The summed E-state index contributed by atoms with van der Waals surface area (Å²) in [5.41, 5.74) is -0.326. The minimum Gasteiger partial charge on any atom is -0.388 e. The zero-order valence-corrected chi connectivity index (χ0v) is 12.9. The molecule has 0 saturated heterocycles. The minimum absolute atomic E-state index is 0.240. The molecule has 20 heavy (non-hydrogen) atoms. The van der Waals surface area contributed by atoms with Gasteiger partial charge < -0.3 is 10.4 Å². The number of thiophene rings is 1. The number of halogens is 1. The second-order valence-corrected chi connectivity index (χ2v) is 7.48. The van der Waals surface area contributed by atoms with Gasteiger partial charge in [0.05, 0.1) is 14.8 Å². The van der Waals surface area contributed by atoms with Crippen LogP contribution >= 0.6 is 34.3 Å². The lowest BCUT2D eigenvalue weighted by molar-refractivity contribution is -0.0300. The molecule has 106 valence electrons. The summed E-state index contributed by atoms with van der Waals surface area (Å²) in [5, 5.41) is 15.2. The van der Waals surface area contributed by atoms with Crippen LogP contribution in [0.25, 0.3) is 9.88 Å². The summed E-state index contributed by atoms with van der Waals surface area (Å²) in [6.07, 6.45) is 2.53. The molecule has 0 aliphatic heterocycles. The minimum atomic E-state index is -0.713. The fourth-order valence-electron chi connectivity index (χ4n) is 2.02. The van der Waals surface area contributed by atoms with E-state index >= 15 is 0 Å². The number of hydrogen-bond donors (Lipinski definition) is 2. The smallest absolute Gasteiger partial charge is 0.270 e. The fraction of sp³-hybridized carbons (Fsp3) is 0.385. The van der Waals surface area contributed by atoms with Gasteiger partial charge in [-0.05, 0) is 31.4 Å². The number of nitrogens with zero attached hydrogens (tertiary/aromatic N) is 1. The zero-order chi connectivity index (χ0) is 14.2. The normalized spacial score (nSPS) is 16.7. The summed E-state index contributed by atoms with van der Waals surface area (Å²) in [4.78, 5) is 17.3. The average molecular weight is 329 g/mol. The molecule has 4 nitrogen and oxygen atoms in total. The highest BCUT2D eigenvalue weighted by molar-refractivity contribution is 7.23. The van der Waals surface area contributed by atoms with Crippen molar-refractivity contribution in [3.63, 3.8) is 0 Å². The molecule has 1 aliphatic rings. The van der Waals surface area contributed by atoms with Crippen LogP contribution in [-0.2, 0) is 0 Å². The van der Waals surface area contributed by atoms with Gasteiger partial charge in [-0.15, -0.1) is 22.7 Å². The molecule has 2 aromatic heterocycles. The van der Waals surface area contributed by atoms with E-state index in [2.05, 4.69) is 10.3 Å². The number of hydrogen-bond acceptors (Lipinski definition) is 5. The van der Waals surface area contributed by atoms with Gasteiger partial charge in [-0.25, -0.2) is 4.98 Å². The molecular formula is C13H13ClN2O2S2. The van der Waals surface area contributed by atoms with Crippen LogP contribution in [0.2, 0.25) is 4.34 Å². The molecule has 1 saturated carbocycles. The lowest BCUT2D eigenvalue weighted by atomic mass is 9.80. The molecule has 0 radical (unpaired) electrons. The number of aliphatic hydroxyl groups is 1. The summed E-state index contributed by atoms with van der Waals surface area (Å²) in [7, 11) is 0. The van der Waals surface area contributed by atoms with Gasteiger partial charge in [-0.2, -0.15) is 0 Å². The van der Waals surface area contributed by atoms with Crippen LogP contribution in [0, 0.1) is 0 Å². The van der Waals surface area contributed by atoms with E-state index in [1.165, 1.54) is 22.7 Å². The Hall–Kier alpha value is -0.950. The van der Waals surface area contributed by atoms with Gasteiger partial charge in [0.25, 0.3) is 5.91 Å². The summed E-state index contributed by atoms with van der Waals surface area (Å²) in [6.45, 7) is 0.295. The topological polar surface area (TPSA) is 62.2 Å². The second kappa shape index (κ2) is 5.44. The Labute approximate surface area is 129 Å². The quantitative estimate of drug-likeness (QED) is 0.906. The van der Waals surface area contributed by atoms with Crippen molar-refractivity contribution >= 4 is 40.2 Å². The van der Waals surface area contributed by atoms with Crippen LogP contribution < -0.4 is 5.32 Å². The number of amides is 1. The maximum Gasteiger partial charge on any atom is 0.270 e. The molecule has 2 N–H and O–H groups in total. The highest BCUT2D eigenvalue weighted by Crippen LogP contribution is 2.33. The van der Waals surface area contributed by atoms with Gasteiger partial charge in [-0.3, -0.25) is 4.79 Å². The molecule has 3 rings (SSSR count). The van der Waals surface area contributed by atoms with Crippen molar-refractivity contribution < 1.29 is 9.90 Å². The largest absolute Gasteiger partial charge is 0.388 e. The summed E-state index contributed by atoms with van der Waals surface area (Å²) < 4.78 is 0.702. The number of thiazole rings is 1. The Morgan fingerprint density at radius 3 is 2.90 bits per heavy atom. The molecular weight excluding hydrogens is 316 g/mol. The van der Waals surface area contributed by atoms with Crippen LogP contribution in [-0.4, -0.2) is 28.1 Å². The van der Waals surface area contributed by atoms with Crippen molar-refractivity contribution in [2.75, 3.05) is 6.54 Å². The maximum atomic E-state index is 12.0. The van der Waals surface area contributed by atoms with Crippen LogP contribution in [0.15, 0.2) is 17.5 Å². The third-order valence-corrected chi connectivity index (χ3v) is 5.63. The third-order valence-electron chi connectivity index (χ3n) is 3.38. The highest BCUT2D eigenvalue weighted by atomic mass is 35.5. The lowest BCUT2D eigenvalue weighted by Gasteiger charge is -2.36. The van der Waals surface area contributed by atoms with Crippen LogP contribution in [0.5, 0.6) is 0 Å². The zero-order valence-electron chi connectivity index (χ0n) is 10.6. The van der Waals surface area contributed by atoms with Gasteiger partial charge in [0, 0.05) is 11.9 Å². The van der Waals surface area contributed by atoms with Gasteiger partial charge in [0.1, 0.15) is 10.7 Å². The van der Waals surface area contributed by atoms with E-state index in [1.807, 2.05) is 12.1 Å². The summed E-state index contributed by atoms with van der Waals surface area (Å²) in [5.74, 6) is -0.240. The Kier molecular flexibility index (Phi) is 3.81. The van der Waals surface area contributed by atoms with E-state index in [1.54, 1.807) is 5.38 Å². The highest BCUT2D eigenvalue weighted by Gasteiger charge is 2.34. The lowest BCUT2D eigenvalue weighted by Crippen LogP contribution is -2.47. The molecule has 0 aromatic carbocycles. The monoisotopic (exact) mass is 328 g/mol. The van der Waals surface area contributed by atoms with Crippen molar-refractivity contribution in [3.8, 4) is 9.88 Å². The maximum absolute atomic E-state index is 12.0. The molecule has 0 atom stereocenters. The van der Waals surface area contributed by atoms with E-state index in [9.17, 15) is 9.90 Å². The Morgan fingerprint density at radius 2 is 2.30 bits per heavy atom. The average Bonchev–Trinajstić information content (AvgIpc) is 3.02. The number of carbonyl (C=O) groups excluding carboxylic acids is 1. The van der Waals surface area contributed by atoms with Crippen LogP contribution in [0.1, 0.15) is 29.8 Å². The third kappa shape index (κ3) is 2.88. The van der Waals surface area contributed by atoms with Gasteiger partial charge in [-0.1, -0.05) is 11.6 Å². The van der Waals surface area contributed by atoms with Crippen molar-refractivity contribution in [3.05, 3.63) is 27.5 Å². The van der Waals surface area contributed by atoms with Crippen molar-refractivity contribution in [2.24, 2.45) is 0 Å². The van der Waals surface area contributed by atoms with Crippen molar-refractivity contribution in [1.29, 1.82) is 0 Å². The van der Waals surface area contributed by atoms with Crippen molar-refractivity contribution in [1.82, 2.24) is 10.3 Å². The van der Waals surface area contributed by atoms with Gasteiger partial charge in [0.15, 0.2) is 0 Å². The number of carbonyl (C=O) groups is 1. The van der Waals surface area contributed by atoms with Gasteiger partial charge in [0.2, 0.25) is 0 Å². The molecule has 1 aliphatic carbocycles. The molecule has 2 aromatic rings. The number of rotatable bonds is 4. The first-order valence-corrected chi connectivity index (χ1v) is 8.35. The molecule has 2 heterocycles.